The van der Waals surface area contributed by atoms with Crippen LogP contribution in [0.4, 0.5) is 4.39 Å². The van der Waals surface area contributed by atoms with Gasteiger partial charge in [-0.2, -0.15) is 5.10 Å². The maximum Gasteiger partial charge on any atom is 0.271 e. The fourth-order valence-corrected chi connectivity index (χ4v) is 2.98. The fourth-order valence-electron chi connectivity index (χ4n) is 2.98. The van der Waals surface area contributed by atoms with E-state index in [4.69, 9.17) is 0 Å². The Hall–Kier alpha value is -2.55. The predicted octanol–water partition coefficient (Wildman–Crippen LogP) is -0.144. The van der Waals surface area contributed by atoms with E-state index < -0.39 is 6.17 Å². The maximum absolute atomic E-state index is 13.9. The van der Waals surface area contributed by atoms with Crippen LogP contribution in [0.1, 0.15) is 22.7 Å². The highest BCUT2D eigenvalue weighted by molar-refractivity contribution is 5.92. The first-order valence-corrected chi connectivity index (χ1v) is 8.11. The second-order valence-electron chi connectivity index (χ2n) is 6.26. The summed E-state index contributed by atoms with van der Waals surface area (Å²) < 4.78 is 16.9. The summed E-state index contributed by atoms with van der Waals surface area (Å²) in [5, 5.41) is 6.70. The van der Waals surface area contributed by atoms with E-state index in [1.54, 1.807) is 6.20 Å². The lowest BCUT2D eigenvalue weighted by Crippen LogP contribution is -2.40. The maximum atomic E-state index is 13.9. The van der Waals surface area contributed by atoms with Crippen molar-refractivity contribution < 1.29 is 9.18 Å². The number of carbonyl (C=O) groups excluding carboxylic acids is 1. The highest BCUT2D eigenvalue weighted by Gasteiger charge is 2.33. The molecule has 25 heavy (non-hydrogen) atoms. The van der Waals surface area contributed by atoms with Gasteiger partial charge in [0.15, 0.2) is 0 Å². The van der Waals surface area contributed by atoms with Gasteiger partial charge in [-0.1, -0.05) is 0 Å². The average molecular weight is 348 g/mol. The Labute approximate surface area is 144 Å². The van der Waals surface area contributed by atoms with Crippen LogP contribution in [-0.4, -0.2) is 55.4 Å². The summed E-state index contributed by atoms with van der Waals surface area (Å²) >= 11 is 0. The molecule has 0 unspecified atom stereocenters. The molecule has 0 saturated carbocycles. The van der Waals surface area contributed by atoms with Gasteiger partial charge in [-0.05, 0) is 12.5 Å². The molecule has 3 heterocycles. The second-order valence-corrected chi connectivity index (χ2v) is 6.26. The number of aromatic nitrogens is 4. The van der Waals surface area contributed by atoms with E-state index in [9.17, 15) is 14.0 Å². The van der Waals surface area contributed by atoms with Gasteiger partial charge < -0.3 is 9.88 Å². The first-order valence-electron chi connectivity index (χ1n) is 8.11. The first-order chi connectivity index (χ1) is 11.9. The van der Waals surface area contributed by atoms with Gasteiger partial charge in [0.1, 0.15) is 17.7 Å². The largest absolute Gasteiger partial charge is 0.349 e. The van der Waals surface area contributed by atoms with Gasteiger partial charge in [0.05, 0.1) is 6.54 Å². The van der Waals surface area contributed by atoms with Crippen LogP contribution in [0.25, 0.3) is 0 Å². The third-order valence-corrected chi connectivity index (χ3v) is 4.43. The lowest BCUT2D eigenvalue weighted by molar-refractivity contribution is 0.0932. The molecule has 1 fully saturated rings. The summed E-state index contributed by atoms with van der Waals surface area (Å²) in [4.78, 5) is 29.8. The normalized spacial score (nSPS) is 20.8. The Kier molecular flexibility index (Phi) is 4.93. The monoisotopic (exact) mass is 348 g/mol. The Morgan fingerprint density at radius 1 is 1.40 bits per heavy atom. The molecule has 0 bridgehead atoms. The smallest absolute Gasteiger partial charge is 0.271 e. The van der Waals surface area contributed by atoms with E-state index in [2.05, 4.69) is 15.4 Å². The summed E-state index contributed by atoms with van der Waals surface area (Å²) in [6.45, 7) is 1.17. The number of alkyl halides is 1. The minimum Gasteiger partial charge on any atom is -0.349 e. The Bertz CT molecular complexity index is 817. The Morgan fingerprint density at radius 2 is 2.20 bits per heavy atom. The number of nitrogens with one attached hydrogen (secondary N) is 1. The number of hydrogen-bond donors (Lipinski definition) is 1. The molecule has 2 atom stereocenters. The van der Waals surface area contributed by atoms with Crippen LogP contribution in [0.5, 0.6) is 0 Å². The van der Waals surface area contributed by atoms with E-state index in [-0.39, 0.29) is 23.2 Å². The first kappa shape index (κ1) is 17.3. The van der Waals surface area contributed by atoms with Gasteiger partial charge >= 0.3 is 0 Å². The van der Waals surface area contributed by atoms with Crippen LogP contribution in [0, 0.1) is 0 Å². The molecule has 134 valence electrons. The SMILES string of the molecule is Cn1ccnc1CN1C[C@@H](F)C[C@H]1CNC(=O)c1ccc(=O)n(C)n1. The van der Waals surface area contributed by atoms with Gasteiger partial charge in [0.25, 0.3) is 11.5 Å². The zero-order valence-corrected chi connectivity index (χ0v) is 14.2. The van der Waals surface area contributed by atoms with E-state index in [1.807, 2.05) is 22.7 Å². The zero-order valence-electron chi connectivity index (χ0n) is 14.2. The van der Waals surface area contributed by atoms with Gasteiger partial charge in [-0.3, -0.25) is 14.5 Å². The molecule has 9 heteroatoms. The molecule has 2 aromatic heterocycles. The van der Waals surface area contributed by atoms with Crippen LogP contribution in [0.3, 0.4) is 0 Å². The number of aryl methyl sites for hydroxylation is 2. The summed E-state index contributed by atoms with van der Waals surface area (Å²) in [5.41, 5.74) is -0.124. The van der Waals surface area contributed by atoms with Gasteiger partial charge in [0, 0.05) is 51.7 Å². The molecule has 0 spiro atoms. The van der Waals surface area contributed by atoms with Crippen molar-refractivity contribution in [1.29, 1.82) is 0 Å². The highest BCUT2D eigenvalue weighted by Crippen LogP contribution is 2.21. The topological polar surface area (TPSA) is 85.0 Å². The van der Waals surface area contributed by atoms with Crippen molar-refractivity contribution in [2.45, 2.75) is 25.2 Å². The molecule has 2 aromatic rings. The van der Waals surface area contributed by atoms with Gasteiger partial charge in [0.2, 0.25) is 0 Å². The van der Waals surface area contributed by atoms with E-state index in [0.29, 0.717) is 26.1 Å². The fraction of sp³-hybridized carbons (Fsp3) is 0.500. The van der Waals surface area contributed by atoms with Crippen molar-refractivity contribution in [3.63, 3.8) is 0 Å². The van der Waals surface area contributed by atoms with Gasteiger partial charge in [-0.15, -0.1) is 0 Å². The van der Waals surface area contributed by atoms with Crippen molar-refractivity contribution in [1.82, 2.24) is 29.5 Å². The lowest BCUT2D eigenvalue weighted by Gasteiger charge is -2.23. The molecule has 1 N–H and O–H groups in total. The van der Waals surface area contributed by atoms with Crippen LogP contribution in [-0.2, 0) is 20.6 Å². The Balaban J connectivity index is 1.62. The number of amides is 1. The minimum atomic E-state index is -0.919. The van der Waals surface area contributed by atoms with E-state index >= 15 is 0 Å². The molecule has 1 aliphatic heterocycles. The third-order valence-electron chi connectivity index (χ3n) is 4.43. The van der Waals surface area contributed by atoms with Crippen molar-refractivity contribution in [3.05, 3.63) is 46.4 Å². The van der Waals surface area contributed by atoms with Crippen molar-refractivity contribution in [2.24, 2.45) is 14.1 Å². The molecule has 1 aliphatic rings. The molecule has 8 nitrogen and oxygen atoms in total. The number of nitrogens with zero attached hydrogens (tertiary/aromatic N) is 5. The number of carbonyl (C=O) groups is 1. The predicted molar refractivity (Wildman–Crippen MR) is 88.7 cm³/mol. The number of halogens is 1. The summed E-state index contributed by atoms with van der Waals surface area (Å²) in [6.07, 6.45) is 3.00. The zero-order chi connectivity index (χ0) is 18.0. The molecule has 0 radical (unpaired) electrons. The van der Waals surface area contributed by atoms with Crippen molar-refractivity contribution >= 4 is 5.91 Å². The number of hydrogen-bond acceptors (Lipinski definition) is 5. The summed E-state index contributed by atoms with van der Waals surface area (Å²) in [5.74, 6) is 0.472. The number of likely N-dealkylation sites (tertiary alicyclic amines) is 1. The quantitative estimate of drug-likeness (QED) is 0.813. The standard InChI is InChI=1S/C16H21FN6O2/c1-21-6-5-18-14(21)10-23-9-11(17)7-12(23)8-19-16(25)13-3-4-15(24)22(2)20-13/h3-6,11-12H,7-10H2,1-2H3,(H,19,25)/t11-,12-/m0/s1. The van der Waals surface area contributed by atoms with Crippen LogP contribution in [0.2, 0.25) is 0 Å². The number of rotatable bonds is 5. The molecule has 1 saturated heterocycles. The third kappa shape index (κ3) is 3.93. The van der Waals surface area contributed by atoms with Crippen molar-refractivity contribution in [3.8, 4) is 0 Å². The highest BCUT2D eigenvalue weighted by atomic mass is 19.1. The van der Waals surface area contributed by atoms with Gasteiger partial charge in [-0.25, -0.2) is 14.1 Å². The lowest BCUT2D eigenvalue weighted by atomic mass is 10.2. The van der Waals surface area contributed by atoms with E-state index in [0.717, 1.165) is 10.5 Å². The second kappa shape index (κ2) is 7.14. The molecule has 1 amide bonds. The minimum absolute atomic E-state index is 0.108. The summed E-state index contributed by atoms with van der Waals surface area (Å²) in [7, 11) is 3.38. The van der Waals surface area contributed by atoms with Crippen LogP contribution >= 0.6 is 0 Å². The molecule has 0 aliphatic carbocycles. The summed E-state index contributed by atoms with van der Waals surface area (Å²) in [6, 6.07) is 2.57. The average Bonchev–Trinajstić information content (AvgIpc) is 3.13. The van der Waals surface area contributed by atoms with Crippen molar-refractivity contribution in [2.75, 3.05) is 13.1 Å². The molecular formula is C16H21FN6O2. The van der Waals surface area contributed by atoms with E-state index in [1.165, 1.54) is 19.2 Å². The Morgan fingerprint density at radius 3 is 2.88 bits per heavy atom. The number of imidazole rings is 1. The molecule has 0 aromatic carbocycles. The molecular weight excluding hydrogens is 327 g/mol. The van der Waals surface area contributed by atoms with Crippen LogP contribution < -0.4 is 10.9 Å². The molecule has 3 rings (SSSR count). The van der Waals surface area contributed by atoms with Crippen LogP contribution in [0.15, 0.2) is 29.3 Å².